The van der Waals surface area contributed by atoms with Crippen LogP contribution in [-0.2, 0) is 6.54 Å². The van der Waals surface area contributed by atoms with E-state index in [4.69, 9.17) is 10.00 Å². The third-order valence-electron chi connectivity index (χ3n) is 3.07. The SMILES string of the molecule is CC(C#N)Oc1ccc(CN2CC[C@H](O)C2)cc1. The van der Waals surface area contributed by atoms with Gasteiger partial charge in [-0.25, -0.2) is 0 Å². The number of rotatable bonds is 4. The average Bonchev–Trinajstić information content (AvgIpc) is 2.77. The standard InChI is InChI=1S/C14H18N2O2/c1-11(8-15)18-14-4-2-12(3-5-14)9-16-7-6-13(17)10-16/h2-5,11,13,17H,6-7,9-10H2,1H3/t11?,13-/m0/s1. The number of hydrogen-bond donors (Lipinski definition) is 1. The predicted molar refractivity (Wildman–Crippen MR) is 68.0 cm³/mol. The zero-order chi connectivity index (χ0) is 13.0. The smallest absolute Gasteiger partial charge is 0.181 e. The predicted octanol–water partition coefficient (Wildman–Crippen LogP) is 1.54. The fourth-order valence-electron chi connectivity index (χ4n) is 2.12. The summed E-state index contributed by atoms with van der Waals surface area (Å²) in [4.78, 5) is 2.23. The number of aliphatic hydroxyl groups is 1. The first-order valence-electron chi connectivity index (χ1n) is 6.23. The number of nitriles is 1. The van der Waals surface area contributed by atoms with Gasteiger partial charge in [-0.05, 0) is 31.0 Å². The van der Waals surface area contributed by atoms with E-state index in [1.165, 1.54) is 5.56 Å². The van der Waals surface area contributed by atoms with E-state index in [2.05, 4.69) is 4.90 Å². The molecule has 0 aliphatic carbocycles. The highest BCUT2D eigenvalue weighted by Gasteiger charge is 2.19. The lowest BCUT2D eigenvalue weighted by Crippen LogP contribution is -2.21. The summed E-state index contributed by atoms with van der Waals surface area (Å²) in [7, 11) is 0. The zero-order valence-corrected chi connectivity index (χ0v) is 10.5. The lowest BCUT2D eigenvalue weighted by molar-refractivity contribution is 0.175. The Morgan fingerprint density at radius 2 is 2.22 bits per heavy atom. The Kier molecular flexibility index (Phi) is 4.19. The van der Waals surface area contributed by atoms with Crippen LogP contribution < -0.4 is 4.74 Å². The summed E-state index contributed by atoms with van der Waals surface area (Å²) < 4.78 is 5.39. The topological polar surface area (TPSA) is 56.5 Å². The van der Waals surface area contributed by atoms with Crippen LogP contribution in [0.3, 0.4) is 0 Å². The van der Waals surface area contributed by atoms with Crippen LogP contribution in [0.1, 0.15) is 18.9 Å². The van der Waals surface area contributed by atoms with Crippen molar-refractivity contribution < 1.29 is 9.84 Å². The summed E-state index contributed by atoms with van der Waals surface area (Å²) in [5.74, 6) is 0.717. The van der Waals surface area contributed by atoms with Gasteiger partial charge >= 0.3 is 0 Å². The molecule has 1 aromatic rings. The summed E-state index contributed by atoms with van der Waals surface area (Å²) >= 11 is 0. The van der Waals surface area contributed by atoms with Gasteiger partial charge in [0.1, 0.15) is 11.8 Å². The zero-order valence-electron chi connectivity index (χ0n) is 10.5. The molecule has 0 radical (unpaired) electrons. The molecule has 0 spiro atoms. The van der Waals surface area contributed by atoms with E-state index in [1.807, 2.05) is 30.3 Å². The van der Waals surface area contributed by atoms with Crippen LogP contribution in [-0.4, -0.2) is 35.3 Å². The summed E-state index contributed by atoms with van der Waals surface area (Å²) in [5.41, 5.74) is 1.20. The quantitative estimate of drug-likeness (QED) is 0.875. The summed E-state index contributed by atoms with van der Waals surface area (Å²) in [6.07, 6.45) is 0.259. The van der Waals surface area contributed by atoms with E-state index in [0.717, 1.165) is 26.1 Å². The number of hydrogen-bond acceptors (Lipinski definition) is 4. The lowest BCUT2D eigenvalue weighted by atomic mass is 10.2. The van der Waals surface area contributed by atoms with Crippen molar-refractivity contribution in [2.24, 2.45) is 0 Å². The maximum atomic E-state index is 9.46. The second-order valence-electron chi connectivity index (χ2n) is 4.71. The van der Waals surface area contributed by atoms with Crippen molar-refractivity contribution in [2.45, 2.75) is 32.1 Å². The Hall–Kier alpha value is -1.57. The fourth-order valence-corrected chi connectivity index (χ4v) is 2.12. The number of likely N-dealkylation sites (tertiary alicyclic amines) is 1. The first-order valence-corrected chi connectivity index (χ1v) is 6.23. The van der Waals surface area contributed by atoms with Gasteiger partial charge in [-0.2, -0.15) is 5.26 Å². The molecule has 0 saturated carbocycles. The van der Waals surface area contributed by atoms with Gasteiger partial charge in [0.25, 0.3) is 0 Å². The van der Waals surface area contributed by atoms with Crippen molar-refractivity contribution in [1.29, 1.82) is 5.26 Å². The van der Waals surface area contributed by atoms with Crippen molar-refractivity contribution in [1.82, 2.24) is 4.90 Å². The molecule has 0 amide bonds. The molecule has 1 aromatic carbocycles. The van der Waals surface area contributed by atoms with E-state index in [-0.39, 0.29) is 6.10 Å². The minimum atomic E-state index is -0.426. The van der Waals surface area contributed by atoms with Crippen LogP contribution in [0.4, 0.5) is 0 Å². The molecule has 2 atom stereocenters. The molecule has 1 aliphatic heterocycles. The highest BCUT2D eigenvalue weighted by molar-refractivity contribution is 5.27. The molecule has 1 N–H and O–H groups in total. The van der Waals surface area contributed by atoms with Crippen LogP contribution in [0.5, 0.6) is 5.75 Å². The van der Waals surface area contributed by atoms with Crippen LogP contribution >= 0.6 is 0 Å². The van der Waals surface area contributed by atoms with Crippen molar-refractivity contribution in [2.75, 3.05) is 13.1 Å². The Morgan fingerprint density at radius 3 is 2.78 bits per heavy atom. The molecule has 1 fully saturated rings. The Balaban J connectivity index is 1.90. The summed E-state index contributed by atoms with van der Waals surface area (Å²) in [6.45, 7) is 4.28. The third-order valence-corrected chi connectivity index (χ3v) is 3.07. The molecule has 1 saturated heterocycles. The number of β-amino-alcohol motifs (C(OH)–C–C–N with tert-alkyl or cyclic N) is 1. The monoisotopic (exact) mass is 246 g/mol. The largest absolute Gasteiger partial charge is 0.476 e. The van der Waals surface area contributed by atoms with Crippen molar-refractivity contribution in [3.05, 3.63) is 29.8 Å². The molecular weight excluding hydrogens is 228 g/mol. The molecule has 96 valence electrons. The number of nitrogens with zero attached hydrogens (tertiary/aromatic N) is 2. The van der Waals surface area contributed by atoms with Crippen LogP contribution in [0, 0.1) is 11.3 Å². The molecule has 4 heteroatoms. The molecule has 2 rings (SSSR count). The Labute approximate surface area is 107 Å². The van der Waals surface area contributed by atoms with E-state index in [1.54, 1.807) is 6.92 Å². The van der Waals surface area contributed by atoms with E-state index >= 15 is 0 Å². The Morgan fingerprint density at radius 1 is 1.50 bits per heavy atom. The van der Waals surface area contributed by atoms with Gasteiger partial charge < -0.3 is 9.84 Å². The molecule has 1 unspecified atom stereocenters. The maximum absolute atomic E-state index is 9.46. The van der Waals surface area contributed by atoms with Gasteiger partial charge in [-0.1, -0.05) is 12.1 Å². The van der Waals surface area contributed by atoms with Crippen molar-refractivity contribution in [3.63, 3.8) is 0 Å². The highest BCUT2D eigenvalue weighted by atomic mass is 16.5. The van der Waals surface area contributed by atoms with Gasteiger partial charge in [0.15, 0.2) is 6.10 Å². The van der Waals surface area contributed by atoms with Crippen LogP contribution in [0.15, 0.2) is 24.3 Å². The summed E-state index contributed by atoms with van der Waals surface area (Å²) in [5, 5.41) is 18.1. The normalized spacial score (nSPS) is 21.5. The van der Waals surface area contributed by atoms with E-state index < -0.39 is 6.10 Å². The second kappa shape index (κ2) is 5.85. The number of aliphatic hydroxyl groups excluding tert-OH is 1. The average molecular weight is 246 g/mol. The van der Waals surface area contributed by atoms with Gasteiger partial charge in [0.2, 0.25) is 0 Å². The lowest BCUT2D eigenvalue weighted by Gasteiger charge is -2.15. The molecule has 0 aromatic heterocycles. The fraction of sp³-hybridized carbons (Fsp3) is 0.500. The van der Waals surface area contributed by atoms with Gasteiger partial charge in [0.05, 0.1) is 6.10 Å². The van der Waals surface area contributed by atoms with E-state index in [0.29, 0.717) is 5.75 Å². The summed E-state index contributed by atoms with van der Waals surface area (Å²) in [6, 6.07) is 9.81. The number of benzene rings is 1. The van der Waals surface area contributed by atoms with Gasteiger partial charge in [-0.3, -0.25) is 4.90 Å². The first kappa shape index (κ1) is 12.9. The molecular formula is C14H18N2O2. The maximum Gasteiger partial charge on any atom is 0.181 e. The van der Waals surface area contributed by atoms with Crippen LogP contribution in [0.25, 0.3) is 0 Å². The van der Waals surface area contributed by atoms with Crippen LogP contribution in [0.2, 0.25) is 0 Å². The molecule has 1 aliphatic rings. The van der Waals surface area contributed by atoms with E-state index in [9.17, 15) is 5.11 Å². The van der Waals surface area contributed by atoms with Crippen molar-refractivity contribution >= 4 is 0 Å². The second-order valence-corrected chi connectivity index (χ2v) is 4.71. The molecule has 18 heavy (non-hydrogen) atoms. The molecule has 1 heterocycles. The van der Waals surface area contributed by atoms with Crippen molar-refractivity contribution in [3.8, 4) is 11.8 Å². The Bertz CT molecular complexity index is 424. The first-order chi connectivity index (χ1) is 8.67. The third kappa shape index (κ3) is 3.46. The number of ether oxygens (including phenoxy) is 1. The highest BCUT2D eigenvalue weighted by Crippen LogP contribution is 2.17. The van der Waals surface area contributed by atoms with Gasteiger partial charge in [0, 0.05) is 19.6 Å². The minimum absolute atomic E-state index is 0.177. The molecule has 0 bridgehead atoms. The molecule has 4 nitrogen and oxygen atoms in total. The minimum Gasteiger partial charge on any atom is -0.476 e. The van der Waals surface area contributed by atoms with Gasteiger partial charge in [-0.15, -0.1) is 0 Å².